The van der Waals surface area contributed by atoms with E-state index in [2.05, 4.69) is 26.5 Å². The number of rotatable bonds is 5. The average Bonchev–Trinajstić information content (AvgIpc) is 3.19. The molecule has 0 bridgehead atoms. The van der Waals surface area contributed by atoms with E-state index in [1.807, 2.05) is 12.1 Å². The van der Waals surface area contributed by atoms with E-state index in [9.17, 15) is 14.4 Å². The van der Waals surface area contributed by atoms with Gasteiger partial charge in [0.1, 0.15) is 6.04 Å². The predicted molar refractivity (Wildman–Crippen MR) is 148 cm³/mol. The van der Waals surface area contributed by atoms with Crippen LogP contribution in [0.2, 0.25) is 0 Å². The number of carbonyl (C=O) groups is 2. The second kappa shape index (κ2) is 10.8. The Bertz CT molecular complexity index is 1230. The molecule has 1 unspecified atom stereocenters. The van der Waals surface area contributed by atoms with Crippen molar-refractivity contribution in [3.8, 4) is 0 Å². The normalized spacial score (nSPS) is 25.3. The first-order valence-electron chi connectivity index (χ1n) is 14.7. The molecule has 4 aliphatic heterocycles. The number of imidazole rings is 1. The van der Waals surface area contributed by atoms with E-state index in [0.29, 0.717) is 6.42 Å². The van der Waals surface area contributed by atoms with Gasteiger partial charge in [0.25, 0.3) is 0 Å². The number of aromatic nitrogens is 2. The smallest absolute Gasteiger partial charge is 0.329 e. The van der Waals surface area contributed by atoms with Crippen LogP contribution in [0.25, 0.3) is 11.0 Å². The largest absolute Gasteiger partial charge is 0.370 e. The number of nitrogens with one attached hydrogen (secondary N) is 2. The number of hydrogen-bond acceptors (Lipinski definition) is 6. The van der Waals surface area contributed by atoms with Gasteiger partial charge in [-0.25, -0.2) is 4.79 Å². The molecule has 5 heterocycles. The quantitative estimate of drug-likeness (QED) is 0.586. The van der Waals surface area contributed by atoms with Crippen molar-refractivity contribution in [2.24, 2.45) is 24.8 Å². The number of anilines is 1. The number of hydrogen-bond donors (Lipinski definition) is 2. The second-order valence-electron chi connectivity index (χ2n) is 12.0. The van der Waals surface area contributed by atoms with Gasteiger partial charge < -0.3 is 15.1 Å². The van der Waals surface area contributed by atoms with Gasteiger partial charge in [-0.3, -0.25) is 24.0 Å². The second-order valence-corrected chi connectivity index (χ2v) is 12.0. The van der Waals surface area contributed by atoms with Crippen LogP contribution in [0.15, 0.2) is 23.0 Å². The Balaban J connectivity index is 1.11. The van der Waals surface area contributed by atoms with E-state index in [0.717, 1.165) is 47.6 Å². The highest BCUT2D eigenvalue weighted by Crippen LogP contribution is 2.36. The van der Waals surface area contributed by atoms with Gasteiger partial charge in [0.05, 0.1) is 16.7 Å². The summed E-state index contributed by atoms with van der Waals surface area (Å²) in [6, 6.07) is 5.37. The number of likely N-dealkylation sites (tertiary alicyclic amines) is 1. The van der Waals surface area contributed by atoms with E-state index in [4.69, 9.17) is 0 Å². The summed E-state index contributed by atoms with van der Waals surface area (Å²) >= 11 is 0. The highest BCUT2D eigenvalue weighted by atomic mass is 16.2. The van der Waals surface area contributed by atoms with Gasteiger partial charge >= 0.3 is 5.69 Å². The first-order valence-corrected chi connectivity index (χ1v) is 14.7. The van der Waals surface area contributed by atoms with E-state index in [1.165, 1.54) is 71.2 Å². The molecule has 4 fully saturated rings. The molecule has 1 atom stereocenters. The summed E-state index contributed by atoms with van der Waals surface area (Å²) < 4.78 is 3.27. The summed E-state index contributed by atoms with van der Waals surface area (Å²) in [5, 5.41) is 5.89. The fraction of sp³-hybridized carbons (Fsp3) is 0.690. The molecular formula is C29H42N6O3. The zero-order valence-electron chi connectivity index (χ0n) is 22.7. The fourth-order valence-corrected chi connectivity index (χ4v) is 7.55. The molecule has 38 heavy (non-hydrogen) atoms. The van der Waals surface area contributed by atoms with Gasteiger partial charge in [-0.15, -0.1) is 0 Å². The summed E-state index contributed by atoms with van der Waals surface area (Å²) in [5.41, 5.74) is 2.52. The lowest BCUT2D eigenvalue weighted by atomic mass is 9.78. The molecule has 0 aliphatic carbocycles. The Morgan fingerprint density at radius 3 is 2.24 bits per heavy atom. The third-order valence-corrected chi connectivity index (χ3v) is 9.76. The summed E-state index contributed by atoms with van der Waals surface area (Å²) in [6.07, 6.45) is 8.30. The number of nitrogens with zero attached hydrogens (tertiary/aromatic N) is 4. The van der Waals surface area contributed by atoms with Crippen LogP contribution in [0.1, 0.15) is 57.4 Å². The highest BCUT2D eigenvalue weighted by molar-refractivity contribution is 6.00. The maximum Gasteiger partial charge on any atom is 0.329 e. The van der Waals surface area contributed by atoms with Gasteiger partial charge in [-0.05, 0) is 101 Å². The Morgan fingerprint density at radius 1 is 0.868 bits per heavy atom. The molecular weight excluding hydrogens is 480 g/mol. The minimum Gasteiger partial charge on any atom is -0.370 e. The van der Waals surface area contributed by atoms with E-state index >= 15 is 0 Å². The van der Waals surface area contributed by atoms with E-state index < -0.39 is 6.04 Å². The van der Waals surface area contributed by atoms with Gasteiger partial charge in [0, 0.05) is 33.1 Å². The van der Waals surface area contributed by atoms with Crippen LogP contribution in [0.3, 0.4) is 0 Å². The standard InChI is InChI=1S/C29H42N6O3/c1-32-27-23(3-2-4-24(27)35(29(32)38)25-5-6-26(36)31-28(25)37)34-17-11-22(12-18-34)21-9-15-33(16-10-21)19-20-7-13-30-14-8-20/h2-4,20-22,25,30H,5-19H2,1H3,(H,31,36,37). The summed E-state index contributed by atoms with van der Waals surface area (Å²) in [7, 11) is 1.79. The molecule has 6 rings (SSSR count). The van der Waals surface area contributed by atoms with Crippen LogP contribution in [0.4, 0.5) is 5.69 Å². The van der Waals surface area contributed by atoms with Crippen molar-refractivity contribution >= 4 is 28.5 Å². The lowest BCUT2D eigenvalue weighted by molar-refractivity contribution is -0.135. The number of para-hydroxylation sites is 1. The van der Waals surface area contributed by atoms with Crippen molar-refractivity contribution in [1.82, 2.24) is 24.7 Å². The maximum atomic E-state index is 13.3. The molecule has 0 radical (unpaired) electrons. The zero-order valence-corrected chi connectivity index (χ0v) is 22.7. The molecule has 0 saturated carbocycles. The molecule has 2 amide bonds. The van der Waals surface area contributed by atoms with Gasteiger partial charge in [-0.2, -0.15) is 0 Å². The molecule has 9 nitrogen and oxygen atoms in total. The van der Waals surface area contributed by atoms with Crippen LogP contribution < -0.4 is 21.2 Å². The Hall–Kier alpha value is -2.65. The number of fused-ring (bicyclic) bond motifs is 1. The molecule has 9 heteroatoms. The average molecular weight is 523 g/mol. The molecule has 1 aromatic heterocycles. The summed E-state index contributed by atoms with van der Waals surface area (Å²) in [4.78, 5) is 42.7. The first-order chi connectivity index (χ1) is 18.5. The number of piperidine rings is 4. The molecule has 4 saturated heterocycles. The van der Waals surface area contributed by atoms with Gasteiger partial charge in [-0.1, -0.05) is 6.07 Å². The monoisotopic (exact) mass is 522 g/mol. The van der Waals surface area contributed by atoms with Crippen LogP contribution >= 0.6 is 0 Å². The van der Waals surface area contributed by atoms with Crippen molar-refractivity contribution in [2.75, 3.05) is 50.7 Å². The number of benzene rings is 1. The molecule has 2 N–H and O–H groups in total. The molecule has 2 aromatic rings. The number of imide groups is 1. The summed E-state index contributed by atoms with van der Waals surface area (Å²) in [5.74, 6) is 1.83. The minimum atomic E-state index is -0.648. The van der Waals surface area contributed by atoms with Gasteiger partial charge in [0.15, 0.2) is 0 Å². The van der Waals surface area contributed by atoms with Crippen molar-refractivity contribution in [3.05, 3.63) is 28.7 Å². The van der Waals surface area contributed by atoms with Crippen LogP contribution in [-0.4, -0.2) is 71.7 Å². The Labute approximate surface area is 224 Å². The highest BCUT2D eigenvalue weighted by Gasteiger charge is 2.34. The van der Waals surface area contributed by atoms with Crippen LogP contribution in [-0.2, 0) is 16.6 Å². The van der Waals surface area contributed by atoms with E-state index in [-0.39, 0.29) is 23.9 Å². The molecule has 0 spiro atoms. The zero-order chi connectivity index (χ0) is 26.2. The molecule has 206 valence electrons. The fourth-order valence-electron chi connectivity index (χ4n) is 7.55. The third kappa shape index (κ3) is 4.91. The van der Waals surface area contributed by atoms with Crippen molar-refractivity contribution in [1.29, 1.82) is 0 Å². The minimum absolute atomic E-state index is 0.201. The third-order valence-electron chi connectivity index (χ3n) is 9.76. The molecule has 4 aliphatic rings. The van der Waals surface area contributed by atoms with Crippen molar-refractivity contribution in [3.63, 3.8) is 0 Å². The predicted octanol–water partition coefficient (Wildman–Crippen LogP) is 2.25. The molecule has 1 aromatic carbocycles. The maximum absolute atomic E-state index is 13.3. The van der Waals surface area contributed by atoms with E-state index in [1.54, 1.807) is 16.2 Å². The van der Waals surface area contributed by atoms with Crippen LogP contribution in [0.5, 0.6) is 0 Å². The lowest BCUT2D eigenvalue weighted by Crippen LogP contribution is -2.44. The van der Waals surface area contributed by atoms with Crippen LogP contribution in [0, 0.1) is 17.8 Å². The number of aryl methyl sites for hydroxylation is 1. The topological polar surface area (TPSA) is 91.6 Å². The van der Waals surface area contributed by atoms with Crippen molar-refractivity contribution < 1.29 is 9.59 Å². The number of amides is 2. The SMILES string of the molecule is Cn1c(=O)n(C2CCC(=O)NC2=O)c2cccc(N3CCC(C4CCN(CC5CCNCC5)CC4)CC3)c21. The Morgan fingerprint density at radius 2 is 1.55 bits per heavy atom. The van der Waals surface area contributed by atoms with Gasteiger partial charge in [0.2, 0.25) is 11.8 Å². The van der Waals surface area contributed by atoms with Crippen molar-refractivity contribution in [2.45, 2.75) is 57.4 Å². The number of carbonyl (C=O) groups excluding carboxylic acids is 2. The first kappa shape index (κ1) is 25.6. The summed E-state index contributed by atoms with van der Waals surface area (Å²) in [6.45, 7) is 8.16. The lowest BCUT2D eigenvalue weighted by Gasteiger charge is -2.41. The Kier molecular flexibility index (Phi) is 7.31.